The van der Waals surface area contributed by atoms with E-state index in [-0.39, 0.29) is 32.9 Å². The third-order valence-electron chi connectivity index (χ3n) is 4.13. The number of nitrogens with one attached hydrogen (secondary N) is 2. The molecule has 1 amide bonds. The number of rotatable bonds is 8. The molecule has 0 radical (unpaired) electrons. The first-order valence-corrected chi connectivity index (χ1v) is 11.5. The van der Waals surface area contributed by atoms with Gasteiger partial charge in [-0.1, -0.05) is 23.2 Å². The van der Waals surface area contributed by atoms with Gasteiger partial charge in [-0.2, -0.15) is 0 Å². The number of carbonyl (C=O) groups excluding carboxylic acids is 1. The van der Waals surface area contributed by atoms with Crippen LogP contribution in [0.3, 0.4) is 0 Å². The molecule has 4 N–H and O–H groups in total. The molecular formula is C21H15Cl2FN2O7S. The molecular weight excluding hydrogens is 514 g/mol. The van der Waals surface area contributed by atoms with Gasteiger partial charge >= 0.3 is 5.97 Å². The Morgan fingerprint density at radius 2 is 1.59 bits per heavy atom. The van der Waals surface area contributed by atoms with E-state index in [1.807, 2.05) is 0 Å². The molecule has 0 fully saturated rings. The highest BCUT2D eigenvalue weighted by Gasteiger charge is 2.21. The van der Waals surface area contributed by atoms with Crippen molar-refractivity contribution in [3.05, 3.63) is 70.5 Å². The Hall–Kier alpha value is -3.54. The van der Waals surface area contributed by atoms with Crippen molar-refractivity contribution < 1.29 is 37.3 Å². The van der Waals surface area contributed by atoms with Crippen LogP contribution in [-0.4, -0.2) is 30.5 Å². The molecule has 3 rings (SSSR count). The van der Waals surface area contributed by atoms with Crippen LogP contribution in [0.1, 0.15) is 6.42 Å². The molecule has 3 aromatic rings. The number of carboxylic acid groups (broad SMARTS) is 1. The van der Waals surface area contributed by atoms with Gasteiger partial charge in [0.2, 0.25) is 5.91 Å². The summed E-state index contributed by atoms with van der Waals surface area (Å²) in [5.41, 5.74) is 0.185. The standard InChI is InChI=1S/C21H15Cl2FN2O7S/c22-15-7-13(25-19(28)10-20(29)30)8-16(23)21(15)33-14-5-6-17(27)18(9-14)34(31,32)26-12-3-1-11(24)2-4-12/h1-9,26-27H,10H2,(H,25,28)(H,29,30). The summed E-state index contributed by atoms with van der Waals surface area (Å²) in [6, 6.07) is 10.4. The lowest BCUT2D eigenvalue weighted by atomic mass is 10.2. The Morgan fingerprint density at radius 1 is 0.971 bits per heavy atom. The zero-order valence-corrected chi connectivity index (χ0v) is 19.2. The summed E-state index contributed by atoms with van der Waals surface area (Å²) in [7, 11) is -4.29. The van der Waals surface area contributed by atoms with E-state index in [2.05, 4.69) is 10.0 Å². The number of aromatic hydroxyl groups is 1. The van der Waals surface area contributed by atoms with Gasteiger partial charge in [-0.3, -0.25) is 14.3 Å². The van der Waals surface area contributed by atoms with E-state index in [0.29, 0.717) is 0 Å². The summed E-state index contributed by atoms with van der Waals surface area (Å²) in [6.45, 7) is 0. The van der Waals surface area contributed by atoms with Gasteiger partial charge in [-0.15, -0.1) is 0 Å². The maximum absolute atomic E-state index is 13.1. The summed E-state index contributed by atoms with van der Waals surface area (Å²) >= 11 is 12.3. The van der Waals surface area contributed by atoms with Gasteiger partial charge in [-0.05, 0) is 48.5 Å². The minimum Gasteiger partial charge on any atom is -0.507 e. The smallest absolute Gasteiger partial charge is 0.312 e. The van der Waals surface area contributed by atoms with Crippen LogP contribution in [0.2, 0.25) is 10.0 Å². The van der Waals surface area contributed by atoms with Crippen molar-refractivity contribution in [3.63, 3.8) is 0 Å². The minimum absolute atomic E-state index is 0.0521. The second-order valence-corrected chi connectivity index (χ2v) is 9.20. The van der Waals surface area contributed by atoms with Crippen LogP contribution in [-0.2, 0) is 19.6 Å². The molecule has 3 aromatic carbocycles. The molecule has 0 saturated carbocycles. The van der Waals surface area contributed by atoms with Crippen LogP contribution in [0, 0.1) is 5.82 Å². The van der Waals surface area contributed by atoms with Crippen LogP contribution in [0.25, 0.3) is 0 Å². The maximum atomic E-state index is 13.1. The van der Waals surface area contributed by atoms with E-state index in [4.69, 9.17) is 33.0 Å². The van der Waals surface area contributed by atoms with Gasteiger partial charge in [0.1, 0.15) is 28.6 Å². The SMILES string of the molecule is O=C(O)CC(=O)Nc1cc(Cl)c(Oc2ccc(O)c(S(=O)(=O)Nc3ccc(F)cc3)c2)c(Cl)c1. The zero-order chi connectivity index (χ0) is 25.0. The van der Waals surface area contributed by atoms with E-state index < -0.39 is 44.8 Å². The second-order valence-electron chi connectivity index (χ2n) is 6.73. The Bertz CT molecular complexity index is 1340. The van der Waals surface area contributed by atoms with Gasteiger partial charge in [-0.25, -0.2) is 12.8 Å². The van der Waals surface area contributed by atoms with Gasteiger partial charge in [0.05, 0.1) is 10.0 Å². The maximum Gasteiger partial charge on any atom is 0.312 e. The predicted octanol–water partition coefficient (Wildman–Crippen LogP) is 4.84. The summed E-state index contributed by atoms with van der Waals surface area (Å²) in [5.74, 6) is -3.38. The Balaban J connectivity index is 1.85. The number of anilines is 2. The van der Waals surface area contributed by atoms with Crippen LogP contribution < -0.4 is 14.8 Å². The molecule has 9 nitrogen and oxygen atoms in total. The Labute approximate surface area is 202 Å². The first-order valence-electron chi connectivity index (χ1n) is 9.24. The molecule has 13 heteroatoms. The van der Waals surface area contributed by atoms with Crippen molar-refractivity contribution in [2.24, 2.45) is 0 Å². The fourth-order valence-electron chi connectivity index (χ4n) is 2.69. The molecule has 0 heterocycles. The molecule has 0 aliphatic carbocycles. The number of phenolic OH excluding ortho intramolecular Hbond substituents is 1. The third kappa shape index (κ3) is 6.28. The van der Waals surface area contributed by atoms with Crippen molar-refractivity contribution >= 4 is 56.5 Å². The largest absolute Gasteiger partial charge is 0.507 e. The molecule has 0 aromatic heterocycles. The van der Waals surface area contributed by atoms with Crippen molar-refractivity contribution in [1.29, 1.82) is 0 Å². The van der Waals surface area contributed by atoms with Gasteiger partial charge in [0, 0.05) is 17.4 Å². The summed E-state index contributed by atoms with van der Waals surface area (Å²) in [5, 5.41) is 20.9. The van der Waals surface area contributed by atoms with Gasteiger partial charge in [0.15, 0.2) is 5.75 Å². The molecule has 34 heavy (non-hydrogen) atoms. The molecule has 0 atom stereocenters. The first-order chi connectivity index (χ1) is 15.9. The van der Waals surface area contributed by atoms with Crippen molar-refractivity contribution in [2.45, 2.75) is 11.3 Å². The fourth-order valence-corrected chi connectivity index (χ4v) is 4.43. The molecule has 0 saturated heterocycles. The number of benzene rings is 3. The number of halogens is 3. The number of carboxylic acids is 1. The number of hydrogen-bond acceptors (Lipinski definition) is 6. The Kier molecular flexibility index (Phi) is 7.50. The lowest BCUT2D eigenvalue weighted by Gasteiger charge is -2.14. The van der Waals surface area contributed by atoms with Gasteiger partial charge in [0.25, 0.3) is 10.0 Å². The summed E-state index contributed by atoms with van der Waals surface area (Å²) in [6.07, 6.45) is -0.760. The van der Waals surface area contributed by atoms with Crippen LogP contribution in [0.4, 0.5) is 15.8 Å². The monoisotopic (exact) mass is 528 g/mol. The normalized spacial score (nSPS) is 11.0. The minimum atomic E-state index is -4.29. The summed E-state index contributed by atoms with van der Waals surface area (Å²) < 4.78 is 46.3. The fraction of sp³-hybridized carbons (Fsp3) is 0.0476. The number of amides is 1. The average molecular weight is 529 g/mol. The lowest BCUT2D eigenvalue weighted by molar-refractivity contribution is -0.139. The Morgan fingerprint density at radius 3 is 2.18 bits per heavy atom. The molecule has 0 bridgehead atoms. The van der Waals surface area contributed by atoms with Crippen molar-refractivity contribution in [3.8, 4) is 17.2 Å². The number of hydrogen-bond donors (Lipinski definition) is 4. The van der Waals surface area contributed by atoms with Crippen molar-refractivity contribution in [1.82, 2.24) is 0 Å². The topological polar surface area (TPSA) is 142 Å². The van der Waals surface area contributed by atoms with Crippen molar-refractivity contribution in [2.75, 3.05) is 10.0 Å². The first kappa shape index (κ1) is 25.1. The second kappa shape index (κ2) is 10.2. The number of sulfonamides is 1. The molecule has 0 unspecified atom stereocenters. The zero-order valence-electron chi connectivity index (χ0n) is 16.9. The molecule has 0 aliphatic heterocycles. The van der Waals surface area contributed by atoms with E-state index in [1.165, 1.54) is 30.3 Å². The van der Waals surface area contributed by atoms with Crippen LogP contribution in [0.5, 0.6) is 17.2 Å². The quantitative estimate of drug-likeness (QED) is 0.306. The predicted molar refractivity (Wildman–Crippen MR) is 123 cm³/mol. The van der Waals surface area contributed by atoms with E-state index in [1.54, 1.807) is 0 Å². The van der Waals surface area contributed by atoms with Crippen LogP contribution >= 0.6 is 23.2 Å². The highest BCUT2D eigenvalue weighted by molar-refractivity contribution is 7.92. The van der Waals surface area contributed by atoms with Crippen LogP contribution in [0.15, 0.2) is 59.5 Å². The molecule has 0 aliphatic rings. The third-order valence-corrected chi connectivity index (χ3v) is 6.10. The number of carbonyl (C=O) groups is 2. The molecule has 0 spiro atoms. The highest BCUT2D eigenvalue weighted by atomic mass is 35.5. The number of phenols is 1. The van der Waals surface area contributed by atoms with Gasteiger partial charge < -0.3 is 20.3 Å². The molecule has 178 valence electrons. The van der Waals surface area contributed by atoms with E-state index >= 15 is 0 Å². The highest BCUT2D eigenvalue weighted by Crippen LogP contribution is 2.40. The van der Waals surface area contributed by atoms with E-state index in [0.717, 1.165) is 24.3 Å². The summed E-state index contributed by atoms with van der Waals surface area (Å²) in [4.78, 5) is 21.7. The van der Waals surface area contributed by atoms with E-state index in [9.17, 15) is 27.5 Å². The lowest BCUT2D eigenvalue weighted by Crippen LogP contribution is -2.15. The number of ether oxygens (including phenoxy) is 1. The number of aliphatic carboxylic acids is 1. The average Bonchev–Trinajstić information content (AvgIpc) is 2.72.